The Morgan fingerprint density at radius 1 is 1.37 bits per heavy atom. The Bertz CT molecular complexity index is 552. The highest BCUT2D eigenvalue weighted by Gasteiger charge is 2.13. The number of phenols is 1. The molecule has 0 bridgehead atoms. The smallest absolute Gasteiger partial charge is 0.258 e. The predicted molar refractivity (Wildman–Crippen MR) is 77.1 cm³/mol. The van der Waals surface area contributed by atoms with E-state index in [-0.39, 0.29) is 5.75 Å². The van der Waals surface area contributed by atoms with Crippen molar-refractivity contribution in [3.8, 4) is 17.2 Å². The van der Waals surface area contributed by atoms with Gasteiger partial charge in [-0.15, -0.1) is 0 Å². The van der Waals surface area contributed by atoms with Gasteiger partial charge in [-0.1, -0.05) is 25.1 Å². The van der Waals surface area contributed by atoms with Crippen molar-refractivity contribution in [1.29, 1.82) is 0 Å². The number of aromatic nitrogens is 2. The molecule has 1 aromatic carbocycles. The summed E-state index contributed by atoms with van der Waals surface area (Å²) in [6, 6.07) is 5.29. The van der Waals surface area contributed by atoms with Crippen LogP contribution in [0.15, 0.2) is 22.7 Å². The molecule has 4 nitrogen and oxygen atoms in total. The van der Waals surface area contributed by atoms with Gasteiger partial charge in [0.2, 0.25) is 0 Å². The van der Waals surface area contributed by atoms with Crippen molar-refractivity contribution in [3.05, 3.63) is 29.6 Å². The molecule has 0 aliphatic rings. The van der Waals surface area contributed by atoms with E-state index in [1.807, 2.05) is 13.0 Å². The summed E-state index contributed by atoms with van der Waals surface area (Å²) in [5.74, 6) is 3.89. The second-order valence-electron chi connectivity index (χ2n) is 4.87. The number of nitrogens with zero attached hydrogens (tertiary/aromatic N) is 2. The first-order valence-corrected chi connectivity index (χ1v) is 7.42. The van der Waals surface area contributed by atoms with Gasteiger partial charge in [0, 0.05) is 11.1 Å². The van der Waals surface area contributed by atoms with Crippen LogP contribution >= 0.6 is 11.8 Å². The maximum Gasteiger partial charge on any atom is 0.258 e. The van der Waals surface area contributed by atoms with Crippen LogP contribution in [0.2, 0.25) is 0 Å². The van der Waals surface area contributed by atoms with Gasteiger partial charge in [0.05, 0.1) is 5.75 Å². The van der Waals surface area contributed by atoms with E-state index in [2.05, 4.69) is 24.0 Å². The number of hydrogen-bond acceptors (Lipinski definition) is 5. The number of benzene rings is 1. The predicted octanol–water partition coefficient (Wildman–Crippen LogP) is 3.64. The van der Waals surface area contributed by atoms with Crippen LogP contribution in [0.4, 0.5) is 0 Å². The summed E-state index contributed by atoms with van der Waals surface area (Å²) in [6.07, 6.45) is 0. The van der Waals surface area contributed by atoms with Crippen molar-refractivity contribution in [2.75, 3.05) is 5.75 Å². The Hall–Kier alpha value is -1.49. The third-order valence-electron chi connectivity index (χ3n) is 2.69. The molecule has 0 amide bonds. The Balaban J connectivity index is 2.10. The first-order valence-electron chi connectivity index (χ1n) is 6.27. The summed E-state index contributed by atoms with van der Waals surface area (Å²) in [7, 11) is 0. The normalized spacial score (nSPS) is 11.2. The molecule has 0 spiro atoms. The van der Waals surface area contributed by atoms with Crippen molar-refractivity contribution in [2.24, 2.45) is 5.92 Å². The zero-order valence-electron chi connectivity index (χ0n) is 11.4. The Morgan fingerprint density at radius 2 is 2.16 bits per heavy atom. The summed E-state index contributed by atoms with van der Waals surface area (Å²) in [4.78, 5) is 4.37. The second-order valence-corrected chi connectivity index (χ2v) is 5.90. The van der Waals surface area contributed by atoms with Gasteiger partial charge in [-0.25, -0.2) is 0 Å². The molecule has 0 unspecified atom stereocenters. The number of phenolic OH excluding ortho intramolecular Hbond substituents is 1. The van der Waals surface area contributed by atoms with Crippen molar-refractivity contribution in [1.82, 2.24) is 10.1 Å². The van der Waals surface area contributed by atoms with Gasteiger partial charge < -0.3 is 9.63 Å². The minimum Gasteiger partial charge on any atom is -0.508 e. The van der Waals surface area contributed by atoms with Gasteiger partial charge >= 0.3 is 0 Å². The van der Waals surface area contributed by atoms with Gasteiger partial charge in [-0.3, -0.25) is 0 Å². The molecule has 0 aliphatic carbocycles. The van der Waals surface area contributed by atoms with E-state index in [0.29, 0.717) is 17.6 Å². The molecule has 1 aromatic heterocycles. The summed E-state index contributed by atoms with van der Waals surface area (Å²) < 4.78 is 5.26. The fourth-order valence-electron chi connectivity index (χ4n) is 1.66. The maximum absolute atomic E-state index is 9.68. The quantitative estimate of drug-likeness (QED) is 0.904. The SMILES string of the molecule is Cc1c(O)cccc1-c1nc(CSCC(C)C)no1. The standard InChI is InChI=1S/C14H18N2O2S/c1-9(2)7-19-8-13-15-14(18-16-13)11-5-4-6-12(17)10(11)3/h4-6,9,17H,7-8H2,1-3H3. The average molecular weight is 278 g/mol. The lowest BCUT2D eigenvalue weighted by atomic mass is 10.1. The molecular formula is C14H18N2O2S. The van der Waals surface area contributed by atoms with E-state index >= 15 is 0 Å². The van der Waals surface area contributed by atoms with Crippen LogP contribution in [-0.4, -0.2) is 21.0 Å². The van der Waals surface area contributed by atoms with Crippen molar-refractivity contribution < 1.29 is 9.63 Å². The van der Waals surface area contributed by atoms with Crippen LogP contribution in [0.25, 0.3) is 11.5 Å². The highest BCUT2D eigenvalue weighted by molar-refractivity contribution is 7.98. The molecule has 1 heterocycles. The molecule has 0 saturated heterocycles. The highest BCUT2D eigenvalue weighted by atomic mass is 32.2. The fraction of sp³-hybridized carbons (Fsp3) is 0.429. The molecule has 19 heavy (non-hydrogen) atoms. The minimum atomic E-state index is 0.242. The van der Waals surface area contributed by atoms with Gasteiger partial charge in [0.1, 0.15) is 5.75 Å². The van der Waals surface area contributed by atoms with Gasteiger partial charge in [0.25, 0.3) is 5.89 Å². The molecule has 0 aliphatic heterocycles. The summed E-state index contributed by atoms with van der Waals surface area (Å²) in [5.41, 5.74) is 1.54. The van der Waals surface area contributed by atoms with Gasteiger partial charge in [-0.05, 0) is 30.7 Å². The summed E-state index contributed by atoms with van der Waals surface area (Å²) >= 11 is 1.80. The van der Waals surface area contributed by atoms with E-state index in [1.54, 1.807) is 23.9 Å². The largest absolute Gasteiger partial charge is 0.508 e. The number of thioether (sulfide) groups is 1. The number of rotatable bonds is 5. The van der Waals surface area contributed by atoms with Crippen molar-refractivity contribution in [2.45, 2.75) is 26.5 Å². The van der Waals surface area contributed by atoms with E-state index in [1.165, 1.54) is 0 Å². The molecule has 0 fully saturated rings. The van der Waals surface area contributed by atoms with Crippen molar-refractivity contribution in [3.63, 3.8) is 0 Å². The van der Waals surface area contributed by atoms with Crippen LogP contribution in [-0.2, 0) is 5.75 Å². The summed E-state index contributed by atoms with van der Waals surface area (Å²) in [6.45, 7) is 6.21. The van der Waals surface area contributed by atoms with Crippen LogP contribution in [0, 0.1) is 12.8 Å². The Labute approximate surface area is 117 Å². The van der Waals surface area contributed by atoms with Gasteiger partial charge in [0.15, 0.2) is 5.82 Å². The summed E-state index contributed by atoms with van der Waals surface area (Å²) in [5, 5.41) is 13.6. The minimum absolute atomic E-state index is 0.242. The number of hydrogen-bond donors (Lipinski definition) is 1. The molecule has 102 valence electrons. The zero-order chi connectivity index (χ0) is 13.8. The molecule has 0 saturated carbocycles. The Morgan fingerprint density at radius 3 is 2.89 bits per heavy atom. The second kappa shape index (κ2) is 6.10. The monoisotopic (exact) mass is 278 g/mol. The van der Waals surface area contributed by atoms with E-state index < -0.39 is 0 Å². The van der Waals surface area contributed by atoms with Crippen LogP contribution in [0.5, 0.6) is 5.75 Å². The third kappa shape index (κ3) is 3.50. The van der Waals surface area contributed by atoms with Crippen LogP contribution in [0.3, 0.4) is 0 Å². The van der Waals surface area contributed by atoms with E-state index in [4.69, 9.17) is 4.52 Å². The third-order valence-corrected chi connectivity index (χ3v) is 4.05. The molecule has 0 atom stereocenters. The first-order chi connectivity index (χ1) is 9.08. The van der Waals surface area contributed by atoms with E-state index in [9.17, 15) is 5.11 Å². The maximum atomic E-state index is 9.68. The van der Waals surface area contributed by atoms with Crippen molar-refractivity contribution >= 4 is 11.8 Å². The molecule has 1 N–H and O–H groups in total. The number of aromatic hydroxyl groups is 1. The molecular weight excluding hydrogens is 260 g/mol. The lowest BCUT2D eigenvalue weighted by Crippen LogP contribution is -1.92. The van der Waals surface area contributed by atoms with Gasteiger partial charge in [-0.2, -0.15) is 16.7 Å². The zero-order valence-corrected chi connectivity index (χ0v) is 12.2. The molecule has 2 aromatic rings. The van der Waals surface area contributed by atoms with E-state index in [0.717, 1.165) is 22.6 Å². The topological polar surface area (TPSA) is 59.2 Å². The fourth-order valence-corrected chi connectivity index (χ4v) is 2.55. The van der Waals surface area contributed by atoms with Crippen LogP contribution in [0.1, 0.15) is 25.2 Å². The molecule has 2 rings (SSSR count). The first kappa shape index (κ1) is 13.9. The highest BCUT2D eigenvalue weighted by Crippen LogP contribution is 2.28. The molecule has 5 heteroatoms. The van der Waals surface area contributed by atoms with Crippen LogP contribution < -0.4 is 0 Å². The lowest BCUT2D eigenvalue weighted by molar-refractivity contribution is 0.424. The molecule has 0 radical (unpaired) electrons. The lowest BCUT2D eigenvalue weighted by Gasteiger charge is -2.02. The average Bonchev–Trinajstić information content (AvgIpc) is 2.81. The Kier molecular flexibility index (Phi) is 4.47.